The normalized spacial score (nSPS) is 18.7. The Labute approximate surface area is 134 Å². The summed E-state index contributed by atoms with van der Waals surface area (Å²) in [6.07, 6.45) is 1.69. The van der Waals surface area contributed by atoms with E-state index < -0.39 is 17.9 Å². The SMILES string of the molecule is C[C@H](C(=O)[O-])N1C(=O)/C(=C\c2cccc(Br)c2)SC1=S. The summed E-state index contributed by atoms with van der Waals surface area (Å²) in [5.41, 5.74) is 0.834. The summed E-state index contributed by atoms with van der Waals surface area (Å²) in [6, 6.07) is 6.35. The number of hydrogen-bond donors (Lipinski definition) is 0. The van der Waals surface area contributed by atoms with Crippen molar-refractivity contribution in [2.24, 2.45) is 0 Å². The second-order valence-corrected chi connectivity index (χ2v) is 6.69. The topological polar surface area (TPSA) is 60.4 Å². The Morgan fingerprint density at radius 2 is 2.25 bits per heavy atom. The van der Waals surface area contributed by atoms with Crippen LogP contribution in [0, 0.1) is 0 Å². The van der Waals surface area contributed by atoms with Crippen molar-refractivity contribution < 1.29 is 14.7 Å². The molecule has 0 aromatic heterocycles. The zero-order chi connectivity index (χ0) is 14.9. The number of aliphatic carboxylic acids is 1. The lowest BCUT2D eigenvalue weighted by Gasteiger charge is -2.23. The molecule has 1 aromatic rings. The maximum absolute atomic E-state index is 12.2. The number of carboxylic acids is 1. The predicted octanol–water partition coefficient (Wildman–Crippen LogP) is 1.79. The van der Waals surface area contributed by atoms with Crippen molar-refractivity contribution in [3.8, 4) is 0 Å². The zero-order valence-corrected chi connectivity index (χ0v) is 13.5. The van der Waals surface area contributed by atoms with E-state index in [-0.39, 0.29) is 4.32 Å². The molecule has 1 aromatic carbocycles. The maximum Gasteiger partial charge on any atom is 0.266 e. The summed E-state index contributed by atoms with van der Waals surface area (Å²) in [5, 5.41) is 10.9. The average Bonchev–Trinajstić information content (AvgIpc) is 2.63. The van der Waals surface area contributed by atoms with Crippen LogP contribution in [0.1, 0.15) is 12.5 Å². The van der Waals surface area contributed by atoms with Gasteiger partial charge >= 0.3 is 0 Å². The molecule has 0 saturated carbocycles. The number of thioether (sulfide) groups is 1. The van der Waals surface area contributed by atoms with E-state index >= 15 is 0 Å². The lowest BCUT2D eigenvalue weighted by atomic mass is 10.2. The number of carbonyl (C=O) groups excluding carboxylic acids is 2. The van der Waals surface area contributed by atoms with Gasteiger partial charge in [-0.25, -0.2) is 0 Å². The summed E-state index contributed by atoms with van der Waals surface area (Å²) in [5.74, 6) is -1.73. The molecule has 1 fully saturated rings. The molecule has 1 aliphatic heterocycles. The van der Waals surface area contributed by atoms with Crippen LogP contribution in [0.2, 0.25) is 0 Å². The smallest absolute Gasteiger partial charge is 0.266 e. The number of rotatable bonds is 3. The molecule has 104 valence electrons. The molecule has 1 atom stereocenters. The van der Waals surface area contributed by atoms with E-state index in [0.717, 1.165) is 26.7 Å². The van der Waals surface area contributed by atoms with Gasteiger partial charge in [-0.2, -0.15) is 0 Å². The predicted molar refractivity (Wildman–Crippen MR) is 83.6 cm³/mol. The van der Waals surface area contributed by atoms with Gasteiger partial charge in [-0.3, -0.25) is 9.69 Å². The molecule has 0 radical (unpaired) electrons. The van der Waals surface area contributed by atoms with Gasteiger partial charge in [0.05, 0.1) is 16.9 Å². The first kappa shape index (κ1) is 15.2. The van der Waals surface area contributed by atoms with Crippen molar-refractivity contribution in [3.05, 3.63) is 39.2 Å². The molecule has 1 saturated heterocycles. The number of benzene rings is 1. The lowest BCUT2D eigenvalue weighted by Crippen LogP contribution is -2.48. The van der Waals surface area contributed by atoms with Crippen molar-refractivity contribution in [2.75, 3.05) is 0 Å². The fourth-order valence-electron chi connectivity index (χ4n) is 1.67. The minimum absolute atomic E-state index is 0.230. The quantitative estimate of drug-likeness (QED) is 0.599. The van der Waals surface area contributed by atoms with E-state index in [9.17, 15) is 14.7 Å². The number of carbonyl (C=O) groups is 2. The van der Waals surface area contributed by atoms with Gasteiger partial charge in [0.25, 0.3) is 5.91 Å². The third-order valence-electron chi connectivity index (χ3n) is 2.70. The number of amides is 1. The molecule has 20 heavy (non-hydrogen) atoms. The van der Waals surface area contributed by atoms with Crippen LogP contribution < -0.4 is 5.11 Å². The highest BCUT2D eigenvalue weighted by Crippen LogP contribution is 2.34. The number of nitrogens with zero attached hydrogens (tertiary/aromatic N) is 1. The fourth-order valence-corrected chi connectivity index (χ4v) is 3.50. The Hall–Kier alpha value is -1.18. The third kappa shape index (κ3) is 3.11. The fraction of sp³-hybridized carbons (Fsp3) is 0.154. The molecule has 0 unspecified atom stereocenters. The molecule has 1 heterocycles. The average molecular weight is 371 g/mol. The van der Waals surface area contributed by atoms with Gasteiger partial charge in [-0.05, 0) is 30.7 Å². The Bertz CT molecular complexity index is 630. The highest BCUT2D eigenvalue weighted by atomic mass is 79.9. The molecular weight excluding hydrogens is 362 g/mol. The van der Waals surface area contributed by atoms with E-state index in [4.69, 9.17) is 12.2 Å². The number of carboxylic acid groups (broad SMARTS) is 1. The lowest BCUT2D eigenvalue weighted by molar-refractivity contribution is -0.309. The Balaban J connectivity index is 2.30. The van der Waals surface area contributed by atoms with E-state index in [0.29, 0.717) is 4.91 Å². The van der Waals surface area contributed by atoms with Crippen molar-refractivity contribution in [1.29, 1.82) is 0 Å². The van der Waals surface area contributed by atoms with Crippen LogP contribution >= 0.6 is 39.9 Å². The van der Waals surface area contributed by atoms with Gasteiger partial charge in [0.15, 0.2) is 0 Å². The van der Waals surface area contributed by atoms with Crippen LogP contribution in [0.15, 0.2) is 33.6 Å². The first-order chi connectivity index (χ1) is 9.40. The summed E-state index contributed by atoms with van der Waals surface area (Å²) < 4.78 is 1.12. The van der Waals surface area contributed by atoms with E-state index in [1.54, 1.807) is 6.08 Å². The van der Waals surface area contributed by atoms with Crippen molar-refractivity contribution in [2.45, 2.75) is 13.0 Å². The highest BCUT2D eigenvalue weighted by Gasteiger charge is 2.35. The van der Waals surface area contributed by atoms with Crippen LogP contribution in [0.5, 0.6) is 0 Å². The van der Waals surface area contributed by atoms with Gasteiger partial charge < -0.3 is 9.90 Å². The largest absolute Gasteiger partial charge is 0.548 e. The van der Waals surface area contributed by atoms with Gasteiger partial charge in [-0.15, -0.1) is 0 Å². The maximum atomic E-state index is 12.2. The second kappa shape index (κ2) is 6.07. The highest BCUT2D eigenvalue weighted by molar-refractivity contribution is 9.10. The second-order valence-electron chi connectivity index (χ2n) is 4.10. The van der Waals surface area contributed by atoms with Gasteiger partial charge in [0, 0.05) is 4.47 Å². The number of thiocarbonyl (C=S) groups is 1. The summed E-state index contributed by atoms with van der Waals surface area (Å²) in [6.45, 7) is 1.38. The minimum atomic E-state index is -1.33. The van der Waals surface area contributed by atoms with Gasteiger partial charge in [-0.1, -0.05) is 52.0 Å². The summed E-state index contributed by atoms with van der Waals surface area (Å²) in [4.78, 5) is 24.6. The zero-order valence-electron chi connectivity index (χ0n) is 10.3. The Morgan fingerprint density at radius 1 is 1.55 bits per heavy atom. The van der Waals surface area contributed by atoms with Crippen LogP contribution in [-0.2, 0) is 9.59 Å². The van der Waals surface area contributed by atoms with Crippen LogP contribution in [0.25, 0.3) is 6.08 Å². The Kier molecular flexibility index (Phi) is 4.62. The molecule has 1 aliphatic rings. The molecular formula is C13H9BrNO3S2-. The molecule has 0 N–H and O–H groups in total. The van der Waals surface area contributed by atoms with Crippen molar-refractivity contribution in [1.82, 2.24) is 4.90 Å². The van der Waals surface area contributed by atoms with Crippen LogP contribution in [0.4, 0.5) is 0 Å². The molecule has 0 bridgehead atoms. The Morgan fingerprint density at radius 3 is 2.85 bits per heavy atom. The molecule has 4 nitrogen and oxygen atoms in total. The van der Waals surface area contributed by atoms with Crippen molar-refractivity contribution in [3.63, 3.8) is 0 Å². The standard InChI is InChI=1S/C13H10BrNO3S2/c1-7(12(17)18)15-11(16)10(20-13(15)19)6-8-3-2-4-9(14)5-8/h2-7H,1H3,(H,17,18)/p-1/b10-6+/t7-/m1/s1. The first-order valence-corrected chi connectivity index (χ1v) is 7.65. The summed E-state index contributed by atoms with van der Waals surface area (Å²) in [7, 11) is 0. The van der Waals surface area contributed by atoms with E-state index in [2.05, 4.69) is 15.9 Å². The first-order valence-electron chi connectivity index (χ1n) is 5.63. The molecule has 1 amide bonds. The van der Waals surface area contributed by atoms with Gasteiger partial charge in [0.2, 0.25) is 0 Å². The van der Waals surface area contributed by atoms with E-state index in [1.165, 1.54) is 6.92 Å². The molecule has 2 rings (SSSR count). The van der Waals surface area contributed by atoms with Gasteiger partial charge in [0.1, 0.15) is 4.32 Å². The third-order valence-corrected chi connectivity index (χ3v) is 4.52. The van der Waals surface area contributed by atoms with Crippen LogP contribution in [0.3, 0.4) is 0 Å². The van der Waals surface area contributed by atoms with Crippen molar-refractivity contribution >= 4 is 62.2 Å². The number of halogens is 1. The van der Waals surface area contributed by atoms with E-state index in [1.807, 2.05) is 24.3 Å². The number of hydrogen-bond acceptors (Lipinski definition) is 5. The molecule has 0 aliphatic carbocycles. The summed E-state index contributed by atoms with van der Waals surface area (Å²) >= 11 is 9.50. The monoisotopic (exact) mass is 370 g/mol. The minimum Gasteiger partial charge on any atom is -0.548 e. The molecule has 0 spiro atoms. The molecule has 7 heteroatoms. The van der Waals surface area contributed by atoms with Crippen LogP contribution in [-0.4, -0.2) is 27.1 Å².